The molecule has 4 nitrogen and oxygen atoms in total. The average molecular weight is 394 g/mol. The Labute approximate surface area is 170 Å². The lowest BCUT2D eigenvalue weighted by Crippen LogP contribution is -2.39. The fraction of sp³-hybridized carbons (Fsp3) is 0.391. The number of carbonyl (C=O) groups is 1. The molecule has 1 aromatic heterocycles. The minimum Gasteiger partial charge on any atom is -0.324 e. The topological polar surface area (TPSA) is 45.2 Å². The molecule has 0 radical (unpaired) electrons. The predicted octanol–water partition coefficient (Wildman–Crippen LogP) is 5.04. The molecule has 1 N–H and O–H groups in total. The Kier molecular flexibility index (Phi) is 5.47. The number of benzene rings is 2. The van der Waals surface area contributed by atoms with Gasteiger partial charge in [-0.3, -0.25) is 9.69 Å². The van der Waals surface area contributed by atoms with E-state index in [9.17, 15) is 4.79 Å². The molecule has 0 unspecified atom stereocenters. The summed E-state index contributed by atoms with van der Waals surface area (Å²) in [5.41, 5.74) is 5.51. The number of aromatic nitrogens is 1. The van der Waals surface area contributed by atoms with Crippen LogP contribution in [-0.2, 0) is 4.79 Å². The Balaban J connectivity index is 1.41. The summed E-state index contributed by atoms with van der Waals surface area (Å²) < 4.78 is 1.25. The van der Waals surface area contributed by atoms with Crippen LogP contribution in [-0.4, -0.2) is 35.4 Å². The number of nitrogens with zero attached hydrogens (tertiary/aromatic N) is 2. The molecule has 3 aromatic rings. The van der Waals surface area contributed by atoms with Crippen LogP contribution >= 0.6 is 11.3 Å². The third kappa shape index (κ3) is 4.10. The first-order valence-electron chi connectivity index (χ1n) is 9.95. The molecule has 0 saturated carbocycles. The number of thiazole rings is 1. The van der Waals surface area contributed by atoms with E-state index in [-0.39, 0.29) is 5.91 Å². The van der Waals surface area contributed by atoms with Gasteiger partial charge in [0.05, 0.1) is 21.8 Å². The van der Waals surface area contributed by atoms with Gasteiger partial charge in [-0.05, 0) is 63.4 Å². The molecule has 2 heterocycles. The molecule has 28 heavy (non-hydrogen) atoms. The number of anilines is 1. The van der Waals surface area contributed by atoms with E-state index < -0.39 is 0 Å². The van der Waals surface area contributed by atoms with E-state index in [0.29, 0.717) is 12.5 Å². The van der Waals surface area contributed by atoms with E-state index in [2.05, 4.69) is 61.3 Å². The fourth-order valence-electron chi connectivity index (χ4n) is 4.22. The Bertz CT molecular complexity index is 954. The second-order valence-corrected chi connectivity index (χ2v) is 8.98. The SMILES string of the molecule is Cc1cc(C)c(NC(=O)CN2CCC[C@H](c3nc4ccccc4s3)C2)c(C)c1. The maximum Gasteiger partial charge on any atom is 0.238 e. The highest BCUT2D eigenvalue weighted by Crippen LogP contribution is 2.33. The van der Waals surface area contributed by atoms with E-state index in [0.717, 1.165) is 48.3 Å². The molecule has 1 aliphatic heterocycles. The molecule has 1 saturated heterocycles. The van der Waals surface area contributed by atoms with Gasteiger partial charge in [0.15, 0.2) is 0 Å². The summed E-state index contributed by atoms with van der Waals surface area (Å²) in [5.74, 6) is 0.488. The molecule has 0 bridgehead atoms. The lowest BCUT2D eigenvalue weighted by Gasteiger charge is -2.31. The van der Waals surface area contributed by atoms with Gasteiger partial charge in [0.1, 0.15) is 0 Å². The normalized spacial score (nSPS) is 17.8. The molecule has 5 heteroatoms. The van der Waals surface area contributed by atoms with Crippen LogP contribution in [0.3, 0.4) is 0 Å². The van der Waals surface area contributed by atoms with Crippen molar-refractivity contribution in [3.63, 3.8) is 0 Å². The van der Waals surface area contributed by atoms with Gasteiger partial charge in [0.25, 0.3) is 0 Å². The maximum absolute atomic E-state index is 12.7. The van der Waals surface area contributed by atoms with Crippen LogP contribution in [0.1, 0.15) is 40.5 Å². The van der Waals surface area contributed by atoms with Crippen molar-refractivity contribution >= 4 is 33.1 Å². The zero-order valence-corrected chi connectivity index (χ0v) is 17.6. The molecule has 0 spiro atoms. The summed E-state index contributed by atoms with van der Waals surface area (Å²) in [7, 11) is 0. The van der Waals surface area contributed by atoms with Crippen molar-refractivity contribution in [1.29, 1.82) is 0 Å². The highest BCUT2D eigenvalue weighted by atomic mass is 32.1. The first-order valence-corrected chi connectivity index (χ1v) is 10.8. The molecule has 1 atom stereocenters. The minimum absolute atomic E-state index is 0.0694. The standard InChI is InChI=1S/C23H27N3OS/c1-15-11-16(2)22(17(3)12-15)25-21(27)14-26-10-6-7-18(13-26)23-24-19-8-4-5-9-20(19)28-23/h4-5,8-9,11-12,18H,6-7,10,13-14H2,1-3H3,(H,25,27)/t18-/m0/s1. The van der Waals surface area contributed by atoms with Crippen LogP contribution in [0, 0.1) is 20.8 Å². The van der Waals surface area contributed by atoms with E-state index in [4.69, 9.17) is 4.98 Å². The molecule has 4 rings (SSSR count). The number of nitrogens with one attached hydrogen (secondary N) is 1. The third-order valence-corrected chi connectivity index (χ3v) is 6.67. The number of para-hydroxylation sites is 1. The van der Waals surface area contributed by atoms with Crippen molar-refractivity contribution in [3.05, 3.63) is 58.1 Å². The largest absolute Gasteiger partial charge is 0.324 e. The summed E-state index contributed by atoms with van der Waals surface area (Å²) in [4.78, 5) is 19.8. The van der Waals surface area contributed by atoms with Crippen LogP contribution in [0.2, 0.25) is 0 Å². The molecule has 1 fully saturated rings. The van der Waals surface area contributed by atoms with E-state index in [1.165, 1.54) is 15.3 Å². The van der Waals surface area contributed by atoms with Gasteiger partial charge in [0, 0.05) is 18.2 Å². The molecular formula is C23H27N3OS. The fourth-order valence-corrected chi connectivity index (χ4v) is 5.32. The average Bonchev–Trinajstić information content (AvgIpc) is 3.09. The third-order valence-electron chi connectivity index (χ3n) is 5.47. The number of hydrogen-bond acceptors (Lipinski definition) is 4. The monoisotopic (exact) mass is 393 g/mol. The Morgan fingerprint density at radius 2 is 1.96 bits per heavy atom. The quantitative estimate of drug-likeness (QED) is 0.675. The number of amides is 1. The predicted molar refractivity (Wildman–Crippen MR) is 117 cm³/mol. The van der Waals surface area contributed by atoms with Crippen LogP contribution < -0.4 is 5.32 Å². The Morgan fingerprint density at radius 3 is 2.71 bits per heavy atom. The first-order chi connectivity index (χ1) is 13.5. The number of piperidine rings is 1. The van der Waals surface area contributed by atoms with Gasteiger partial charge in [0.2, 0.25) is 5.91 Å². The van der Waals surface area contributed by atoms with E-state index in [1.807, 2.05) is 6.07 Å². The number of likely N-dealkylation sites (tertiary alicyclic amines) is 1. The lowest BCUT2D eigenvalue weighted by molar-refractivity contribution is -0.117. The van der Waals surface area contributed by atoms with E-state index >= 15 is 0 Å². The van der Waals surface area contributed by atoms with Gasteiger partial charge in [-0.1, -0.05) is 29.8 Å². The zero-order valence-electron chi connectivity index (χ0n) is 16.8. The van der Waals surface area contributed by atoms with Crippen LogP contribution in [0.4, 0.5) is 5.69 Å². The van der Waals surface area contributed by atoms with Crippen molar-refractivity contribution in [2.24, 2.45) is 0 Å². The highest BCUT2D eigenvalue weighted by molar-refractivity contribution is 7.18. The number of hydrogen-bond donors (Lipinski definition) is 1. The Morgan fingerprint density at radius 1 is 1.21 bits per heavy atom. The zero-order chi connectivity index (χ0) is 19.7. The van der Waals surface area contributed by atoms with Crippen molar-refractivity contribution < 1.29 is 4.79 Å². The molecule has 0 aliphatic carbocycles. The van der Waals surface area contributed by atoms with Crippen LogP contribution in [0.15, 0.2) is 36.4 Å². The summed E-state index contributed by atoms with van der Waals surface area (Å²) in [6.07, 6.45) is 2.25. The van der Waals surface area contributed by atoms with Crippen LogP contribution in [0.5, 0.6) is 0 Å². The van der Waals surface area contributed by atoms with Gasteiger partial charge < -0.3 is 5.32 Å². The second-order valence-electron chi connectivity index (χ2n) is 7.92. The van der Waals surface area contributed by atoms with Crippen LogP contribution in [0.25, 0.3) is 10.2 Å². The lowest BCUT2D eigenvalue weighted by atomic mass is 9.98. The summed E-state index contributed by atoms with van der Waals surface area (Å²) in [6.45, 7) is 8.51. The molecule has 1 amide bonds. The van der Waals surface area contributed by atoms with Gasteiger partial charge in [-0.2, -0.15) is 0 Å². The van der Waals surface area contributed by atoms with Crippen molar-refractivity contribution in [2.75, 3.05) is 25.0 Å². The number of rotatable bonds is 4. The highest BCUT2D eigenvalue weighted by Gasteiger charge is 2.25. The van der Waals surface area contributed by atoms with Gasteiger partial charge in [-0.25, -0.2) is 4.98 Å². The molecule has 1 aliphatic rings. The minimum atomic E-state index is 0.0694. The van der Waals surface area contributed by atoms with Crippen molar-refractivity contribution in [2.45, 2.75) is 39.5 Å². The molecule has 146 valence electrons. The van der Waals surface area contributed by atoms with E-state index in [1.54, 1.807) is 11.3 Å². The summed E-state index contributed by atoms with van der Waals surface area (Å²) in [5, 5.41) is 4.34. The number of fused-ring (bicyclic) bond motifs is 1. The van der Waals surface area contributed by atoms with Crippen molar-refractivity contribution in [1.82, 2.24) is 9.88 Å². The first kappa shape index (κ1) is 19.1. The number of carbonyl (C=O) groups excluding carboxylic acids is 1. The van der Waals surface area contributed by atoms with Crippen molar-refractivity contribution in [3.8, 4) is 0 Å². The summed E-state index contributed by atoms with van der Waals surface area (Å²) in [6, 6.07) is 12.6. The van der Waals surface area contributed by atoms with Gasteiger partial charge in [-0.15, -0.1) is 11.3 Å². The Hall–Kier alpha value is -2.24. The molecular weight excluding hydrogens is 366 g/mol. The second kappa shape index (κ2) is 8.02. The summed E-state index contributed by atoms with van der Waals surface area (Å²) >= 11 is 1.79. The number of aryl methyl sites for hydroxylation is 3. The molecule has 2 aromatic carbocycles. The smallest absolute Gasteiger partial charge is 0.238 e. The van der Waals surface area contributed by atoms with Gasteiger partial charge >= 0.3 is 0 Å². The maximum atomic E-state index is 12.7.